The average molecular weight is 368 g/mol. The Balaban J connectivity index is 2.16. The molecule has 1 atom stereocenters. The molecule has 0 aliphatic heterocycles. The van der Waals surface area contributed by atoms with Crippen molar-refractivity contribution < 1.29 is 18.3 Å². The van der Waals surface area contributed by atoms with Gasteiger partial charge in [-0.05, 0) is 11.6 Å². The lowest BCUT2D eigenvalue weighted by Crippen LogP contribution is -2.29. The summed E-state index contributed by atoms with van der Waals surface area (Å²) in [6.45, 7) is 0.00929. The lowest BCUT2D eigenvalue weighted by Gasteiger charge is -2.21. The van der Waals surface area contributed by atoms with Crippen LogP contribution in [0.2, 0.25) is 0 Å². The molecule has 1 unspecified atom stereocenters. The van der Waals surface area contributed by atoms with Crippen molar-refractivity contribution in [1.82, 2.24) is 4.42 Å². The van der Waals surface area contributed by atoms with Crippen LogP contribution in [0, 0.1) is 17.0 Å². The molecule has 25 heavy (non-hydrogen) atoms. The second-order valence-electron chi connectivity index (χ2n) is 5.23. The highest BCUT2D eigenvalue weighted by molar-refractivity contribution is 6.21. The first-order valence-electron chi connectivity index (χ1n) is 7.22. The van der Waals surface area contributed by atoms with Gasteiger partial charge in [-0.1, -0.05) is 36.4 Å². The van der Waals surface area contributed by atoms with Crippen molar-refractivity contribution in [3.63, 3.8) is 0 Å². The van der Waals surface area contributed by atoms with Gasteiger partial charge >= 0.3 is 0 Å². The van der Waals surface area contributed by atoms with Gasteiger partial charge in [0, 0.05) is 30.0 Å². The molecule has 132 valence electrons. The van der Waals surface area contributed by atoms with Gasteiger partial charge in [-0.3, -0.25) is 10.2 Å². The molecule has 1 amide bonds. The molecule has 5 nitrogen and oxygen atoms in total. The number of carbonyl (C=O) groups excluding carboxylic acids is 1. The van der Waals surface area contributed by atoms with Crippen molar-refractivity contribution in [2.45, 2.75) is 12.6 Å². The van der Waals surface area contributed by atoms with E-state index in [0.29, 0.717) is 11.1 Å². The number of nitrogens with one attached hydrogen (secondary N) is 1. The van der Waals surface area contributed by atoms with E-state index in [1.165, 1.54) is 19.2 Å². The molecular weight excluding hydrogens is 352 g/mol. The predicted molar refractivity (Wildman–Crippen MR) is 90.0 cm³/mol. The van der Waals surface area contributed by atoms with Crippen molar-refractivity contribution in [1.29, 1.82) is 5.41 Å². The highest BCUT2D eigenvalue weighted by Crippen LogP contribution is 2.25. The number of hydrogen-bond acceptors (Lipinski definition) is 3. The molecule has 0 fully saturated rings. The van der Waals surface area contributed by atoms with Crippen LogP contribution in [0.15, 0.2) is 42.5 Å². The van der Waals surface area contributed by atoms with Gasteiger partial charge in [-0.25, -0.2) is 13.2 Å². The largest absolute Gasteiger partial charge is 0.384 e. The number of methoxy groups -OCH3 is 1. The molecule has 2 aromatic carbocycles. The van der Waals surface area contributed by atoms with E-state index in [0.717, 1.165) is 10.5 Å². The summed E-state index contributed by atoms with van der Waals surface area (Å²) >= 11 is 6.00. The Morgan fingerprint density at radius 2 is 1.92 bits per heavy atom. The summed E-state index contributed by atoms with van der Waals surface area (Å²) < 4.78 is 33.1. The summed E-state index contributed by atoms with van der Waals surface area (Å²) in [5, 5.41) is 7.33. The molecule has 0 radical (unpaired) electrons. The first kappa shape index (κ1) is 18.8. The fraction of sp³-hybridized carbons (Fsp3) is 0.176. The smallest absolute Gasteiger partial charge is 0.271 e. The molecule has 0 saturated heterocycles. The van der Waals surface area contributed by atoms with E-state index in [4.69, 9.17) is 27.7 Å². The van der Waals surface area contributed by atoms with Gasteiger partial charge < -0.3 is 10.5 Å². The Morgan fingerprint density at radius 3 is 2.48 bits per heavy atom. The number of ether oxygens (including phenoxy) is 1. The molecule has 0 heterocycles. The number of hydrogen-bond donors (Lipinski definition) is 2. The predicted octanol–water partition coefficient (Wildman–Crippen LogP) is 3.12. The second kappa shape index (κ2) is 8.04. The maximum absolute atomic E-state index is 13.9. The lowest BCUT2D eigenvalue weighted by atomic mass is 10.1. The molecule has 0 aliphatic rings. The molecule has 0 aromatic heterocycles. The number of nitrogens with two attached hydrogens (primary N) is 1. The van der Waals surface area contributed by atoms with Crippen LogP contribution < -0.4 is 5.73 Å². The Bertz CT molecular complexity index is 784. The minimum Gasteiger partial charge on any atom is -0.384 e. The van der Waals surface area contributed by atoms with Crippen molar-refractivity contribution in [3.8, 4) is 0 Å². The van der Waals surface area contributed by atoms with Crippen LogP contribution in [-0.4, -0.2) is 23.3 Å². The number of rotatable bonds is 6. The highest BCUT2D eigenvalue weighted by atomic mass is 35.5. The van der Waals surface area contributed by atoms with Gasteiger partial charge in [0.25, 0.3) is 5.91 Å². The quantitative estimate of drug-likeness (QED) is 0.467. The minimum atomic E-state index is -1.37. The van der Waals surface area contributed by atoms with Crippen LogP contribution >= 0.6 is 11.8 Å². The standard InChI is InChI=1S/C17H16ClF2N3O2/c1-25-15(12-3-2-4-13(19)14(12)20)17(24)23(18)9-10-5-7-11(8-6-10)16(21)22/h2-8,15H,9H2,1H3,(H3,21,22). The molecular formula is C17H16ClF2N3O2. The van der Waals surface area contributed by atoms with Gasteiger partial charge in [-0.15, -0.1) is 0 Å². The zero-order valence-corrected chi connectivity index (χ0v) is 14.1. The van der Waals surface area contributed by atoms with E-state index in [1.807, 2.05) is 0 Å². The molecule has 0 saturated carbocycles. The maximum Gasteiger partial charge on any atom is 0.271 e. The number of halogens is 3. The number of amides is 1. The van der Waals surface area contributed by atoms with E-state index in [2.05, 4.69) is 0 Å². The molecule has 2 aromatic rings. The van der Waals surface area contributed by atoms with E-state index < -0.39 is 23.6 Å². The van der Waals surface area contributed by atoms with E-state index >= 15 is 0 Å². The third-order valence-corrected chi connectivity index (χ3v) is 3.84. The molecule has 2 rings (SSSR count). The van der Waals surface area contributed by atoms with Crippen LogP contribution in [0.25, 0.3) is 0 Å². The number of nitrogen functional groups attached to an aromatic ring is 1. The Labute approximate surface area is 148 Å². The van der Waals surface area contributed by atoms with Crippen LogP contribution in [0.3, 0.4) is 0 Å². The van der Waals surface area contributed by atoms with Gasteiger partial charge in [-0.2, -0.15) is 0 Å². The third kappa shape index (κ3) is 4.32. The van der Waals surface area contributed by atoms with Gasteiger partial charge in [0.15, 0.2) is 17.7 Å². The third-order valence-electron chi connectivity index (χ3n) is 3.55. The summed E-state index contributed by atoms with van der Waals surface area (Å²) in [6, 6.07) is 10.0. The molecule has 0 aliphatic carbocycles. The first-order valence-corrected chi connectivity index (χ1v) is 7.56. The zero-order valence-electron chi connectivity index (χ0n) is 13.3. The molecule has 0 bridgehead atoms. The fourth-order valence-electron chi connectivity index (χ4n) is 2.24. The van der Waals surface area contributed by atoms with Crippen molar-refractivity contribution in [2.24, 2.45) is 5.73 Å². The lowest BCUT2D eigenvalue weighted by molar-refractivity contribution is -0.138. The summed E-state index contributed by atoms with van der Waals surface area (Å²) in [6.07, 6.45) is -1.37. The summed E-state index contributed by atoms with van der Waals surface area (Å²) in [5.41, 5.74) is 6.34. The minimum absolute atomic E-state index is 0.00929. The summed E-state index contributed by atoms with van der Waals surface area (Å²) in [4.78, 5) is 12.4. The van der Waals surface area contributed by atoms with Crippen molar-refractivity contribution >= 4 is 23.5 Å². The van der Waals surface area contributed by atoms with Crippen molar-refractivity contribution in [2.75, 3.05) is 7.11 Å². The van der Waals surface area contributed by atoms with Crippen LogP contribution in [0.4, 0.5) is 8.78 Å². The van der Waals surface area contributed by atoms with E-state index in [1.54, 1.807) is 24.3 Å². The van der Waals surface area contributed by atoms with Crippen LogP contribution in [-0.2, 0) is 16.1 Å². The van der Waals surface area contributed by atoms with Crippen molar-refractivity contribution in [3.05, 3.63) is 70.8 Å². The Hall–Kier alpha value is -2.51. The molecule has 0 spiro atoms. The SMILES string of the molecule is COC(C(=O)N(Cl)Cc1ccc(C(=N)N)cc1)c1cccc(F)c1F. The van der Waals surface area contributed by atoms with Gasteiger partial charge in [0.1, 0.15) is 5.84 Å². The normalized spacial score (nSPS) is 11.8. The topological polar surface area (TPSA) is 79.4 Å². The number of nitrogens with zero attached hydrogens (tertiary/aromatic N) is 1. The average Bonchev–Trinajstić information content (AvgIpc) is 2.59. The fourth-order valence-corrected chi connectivity index (χ4v) is 2.47. The van der Waals surface area contributed by atoms with E-state index in [9.17, 15) is 13.6 Å². The summed E-state index contributed by atoms with van der Waals surface area (Å²) in [5.74, 6) is -3.04. The zero-order chi connectivity index (χ0) is 18.6. The van der Waals surface area contributed by atoms with Crippen LogP contribution in [0.5, 0.6) is 0 Å². The summed E-state index contributed by atoms with van der Waals surface area (Å²) in [7, 11) is 1.21. The Kier molecular flexibility index (Phi) is 6.06. The first-order chi connectivity index (χ1) is 11.8. The number of amidine groups is 1. The highest BCUT2D eigenvalue weighted by Gasteiger charge is 2.28. The monoisotopic (exact) mass is 367 g/mol. The van der Waals surface area contributed by atoms with Crippen LogP contribution in [0.1, 0.15) is 22.8 Å². The maximum atomic E-state index is 13.9. The van der Waals surface area contributed by atoms with Gasteiger partial charge in [0.05, 0.1) is 6.54 Å². The number of benzene rings is 2. The Morgan fingerprint density at radius 1 is 1.28 bits per heavy atom. The van der Waals surface area contributed by atoms with E-state index in [-0.39, 0.29) is 17.9 Å². The second-order valence-corrected chi connectivity index (χ2v) is 5.64. The molecule has 8 heteroatoms. The molecule has 3 N–H and O–H groups in total. The number of carbonyl (C=O) groups is 1. The van der Waals surface area contributed by atoms with Gasteiger partial charge in [0.2, 0.25) is 0 Å².